The second-order valence-corrected chi connectivity index (χ2v) is 4.77. The van der Waals surface area contributed by atoms with Crippen LogP contribution in [-0.2, 0) is 6.54 Å². The number of aryl methyl sites for hydroxylation is 1. The molecule has 1 unspecified atom stereocenters. The molecule has 0 bridgehead atoms. The predicted molar refractivity (Wildman–Crippen MR) is 73.2 cm³/mol. The molecular formula is C15H23BrN2O. The summed E-state index contributed by atoms with van der Waals surface area (Å²) in [5.74, 6) is 0. The molecule has 0 aliphatic carbocycles. The Bertz CT molecular complexity index is 510. The van der Waals surface area contributed by atoms with Crippen molar-refractivity contribution in [3.05, 3.63) is 30.6 Å². The first kappa shape index (κ1) is 16.2. The third kappa shape index (κ3) is 3.57. The van der Waals surface area contributed by atoms with Gasteiger partial charge in [-0.1, -0.05) is 31.9 Å². The lowest BCUT2D eigenvalue weighted by molar-refractivity contribution is -0.669. The van der Waals surface area contributed by atoms with E-state index in [2.05, 4.69) is 30.5 Å². The summed E-state index contributed by atoms with van der Waals surface area (Å²) in [5, 5.41) is 10.3. The fourth-order valence-corrected chi connectivity index (χ4v) is 2.41. The number of halogens is 1. The van der Waals surface area contributed by atoms with Crippen LogP contribution in [0.25, 0.3) is 11.0 Å². The van der Waals surface area contributed by atoms with Gasteiger partial charge in [-0.15, -0.1) is 0 Å². The molecule has 0 amide bonds. The molecule has 0 spiro atoms. The van der Waals surface area contributed by atoms with Gasteiger partial charge in [0.15, 0.2) is 17.3 Å². The van der Waals surface area contributed by atoms with Crippen molar-refractivity contribution < 1.29 is 26.7 Å². The first-order valence-corrected chi connectivity index (χ1v) is 6.95. The Hall–Kier alpha value is -0.870. The van der Waals surface area contributed by atoms with Gasteiger partial charge in [-0.25, -0.2) is 9.13 Å². The SMILES string of the molecule is CCCCCC(O)n1c[n+](CC)c2ccccc21.[Br-]. The van der Waals surface area contributed by atoms with E-state index < -0.39 is 6.23 Å². The zero-order valence-corrected chi connectivity index (χ0v) is 13.3. The Kier molecular flexibility index (Phi) is 6.52. The van der Waals surface area contributed by atoms with Gasteiger partial charge in [0.2, 0.25) is 6.33 Å². The average molecular weight is 327 g/mol. The monoisotopic (exact) mass is 326 g/mol. The number of unbranched alkanes of at least 4 members (excludes halogenated alkanes) is 2. The van der Waals surface area contributed by atoms with E-state index in [9.17, 15) is 5.11 Å². The van der Waals surface area contributed by atoms with E-state index in [1.54, 1.807) is 0 Å². The maximum Gasteiger partial charge on any atom is 0.246 e. The van der Waals surface area contributed by atoms with E-state index in [4.69, 9.17) is 0 Å². The highest BCUT2D eigenvalue weighted by molar-refractivity contribution is 5.71. The Morgan fingerprint density at radius 2 is 1.95 bits per heavy atom. The van der Waals surface area contributed by atoms with Gasteiger partial charge in [0.05, 0.1) is 6.54 Å². The summed E-state index contributed by atoms with van der Waals surface area (Å²) in [6, 6.07) is 8.25. The van der Waals surface area contributed by atoms with E-state index >= 15 is 0 Å². The third-order valence-electron chi connectivity index (χ3n) is 3.46. The fourth-order valence-electron chi connectivity index (χ4n) is 2.41. The molecule has 19 heavy (non-hydrogen) atoms. The first-order valence-electron chi connectivity index (χ1n) is 6.95. The number of benzene rings is 1. The standard InChI is InChI=1S/C15H23N2O.BrH/c1-3-5-6-11-15(18)17-12-16(4-2)13-9-7-8-10-14(13)17;/h7-10,12,15,18H,3-6,11H2,1-2H3;1H/q+1;/p-1. The lowest BCUT2D eigenvalue weighted by atomic mass is 10.2. The molecule has 0 saturated heterocycles. The van der Waals surface area contributed by atoms with Crippen LogP contribution in [0.1, 0.15) is 45.8 Å². The van der Waals surface area contributed by atoms with Crippen LogP contribution in [0.5, 0.6) is 0 Å². The molecule has 1 atom stereocenters. The highest BCUT2D eigenvalue weighted by Gasteiger charge is 2.19. The summed E-state index contributed by atoms with van der Waals surface area (Å²) in [4.78, 5) is 0. The Labute approximate surface area is 125 Å². The van der Waals surface area contributed by atoms with Gasteiger partial charge in [-0.05, 0) is 25.5 Å². The lowest BCUT2D eigenvalue weighted by Crippen LogP contribution is -3.00. The van der Waals surface area contributed by atoms with Crippen LogP contribution >= 0.6 is 0 Å². The van der Waals surface area contributed by atoms with Crippen molar-refractivity contribution in [2.75, 3.05) is 0 Å². The first-order chi connectivity index (χ1) is 8.77. The van der Waals surface area contributed by atoms with Crippen LogP contribution in [0.4, 0.5) is 0 Å². The molecular weight excluding hydrogens is 304 g/mol. The number of hydrogen-bond acceptors (Lipinski definition) is 1. The lowest BCUT2D eigenvalue weighted by Gasteiger charge is -2.06. The zero-order valence-electron chi connectivity index (χ0n) is 11.7. The normalized spacial score (nSPS) is 12.4. The number of fused-ring (bicyclic) bond motifs is 1. The highest BCUT2D eigenvalue weighted by Crippen LogP contribution is 2.19. The van der Waals surface area contributed by atoms with Gasteiger partial charge in [-0.3, -0.25) is 0 Å². The topological polar surface area (TPSA) is 29.0 Å². The van der Waals surface area contributed by atoms with Gasteiger partial charge in [0.25, 0.3) is 0 Å². The molecule has 3 nitrogen and oxygen atoms in total. The molecule has 2 aromatic rings. The second kappa shape index (κ2) is 7.65. The Morgan fingerprint density at radius 3 is 2.63 bits per heavy atom. The number of aliphatic hydroxyl groups excluding tert-OH is 1. The maximum atomic E-state index is 10.3. The number of nitrogens with zero attached hydrogens (tertiary/aromatic N) is 2. The van der Waals surface area contributed by atoms with Gasteiger partial charge >= 0.3 is 0 Å². The molecule has 4 heteroatoms. The maximum absolute atomic E-state index is 10.3. The minimum absolute atomic E-state index is 0. The van der Waals surface area contributed by atoms with Crippen molar-refractivity contribution in [3.63, 3.8) is 0 Å². The number of rotatable bonds is 6. The number of hydrogen-bond donors (Lipinski definition) is 1. The summed E-state index contributed by atoms with van der Waals surface area (Å²) >= 11 is 0. The summed E-state index contributed by atoms with van der Waals surface area (Å²) in [5.41, 5.74) is 2.30. The minimum Gasteiger partial charge on any atom is -1.00 e. The van der Waals surface area contributed by atoms with Crippen LogP contribution in [0.15, 0.2) is 30.6 Å². The van der Waals surface area contributed by atoms with E-state index in [-0.39, 0.29) is 17.0 Å². The molecule has 1 aromatic heterocycles. The van der Waals surface area contributed by atoms with Crippen molar-refractivity contribution in [1.82, 2.24) is 4.57 Å². The number of aliphatic hydroxyl groups is 1. The zero-order chi connectivity index (χ0) is 13.0. The molecule has 1 heterocycles. The Balaban J connectivity index is 0.00000180. The summed E-state index contributed by atoms with van der Waals surface area (Å²) in [7, 11) is 0. The summed E-state index contributed by atoms with van der Waals surface area (Å²) < 4.78 is 4.17. The third-order valence-corrected chi connectivity index (χ3v) is 3.46. The van der Waals surface area contributed by atoms with Crippen LogP contribution in [0.3, 0.4) is 0 Å². The molecule has 0 aliphatic heterocycles. The van der Waals surface area contributed by atoms with Crippen molar-refractivity contribution in [2.45, 2.75) is 52.3 Å². The molecule has 0 fully saturated rings. The average Bonchev–Trinajstić information content (AvgIpc) is 2.78. The van der Waals surface area contributed by atoms with E-state index in [0.717, 1.165) is 24.9 Å². The molecule has 1 N–H and O–H groups in total. The number of imidazole rings is 1. The Morgan fingerprint density at radius 1 is 1.21 bits per heavy atom. The molecule has 1 aromatic carbocycles. The second-order valence-electron chi connectivity index (χ2n) is 4.77. The predicted octanol–water partition coefficient (Wildman–Crippen LogP) is 0.0239. The summed E-state index contributed by atoms with van der Waals surface area (Å²) in [6.07, 6.45) is 5.90. The summed E-state index contributed by atoms with van der Waals surface area (Å²) in [6.45, 7) is 5.23. The fraction of sp³-hybridized carbons (Fsp3) is 0.533. The molecule has 0 saturated carbocycles. The van der Waals surface area contributed by atoms with Crippen LogP contribution < -0.4 is 21.5 Å². The molecule has 0 aliphatic rings. The quantitative estimate of drug-likeness (QED) is 0.588. The largest absolute Gasteiger partial charge is 1.00 e. The van der Waals surface area contributed by atoms with E-state index in [1.165, 1.54) is 18.4 Å². The van der Waals surface area contributed by atoms with E-state index in [0.29, 0.717) is 0 Å². The van der Waals surface area contributed by atoms with Gasteiger partial charge in [0, 0.05) is 6.42 Å². The van der Waals surface area contributed by atoms with Gasteiger partial charge in [0.1, 0.15) is 0 Å². The minimum atomic E-state index is -0.408. The van der Waals surface area contributed by atoms with Crippen LogP contribution in [0, 0.1) is 0 Å². The smallest absolute Gasteiger partial charge is 0.246 e. The van der Waals surface area contributed by atoms with Crippen LogP contribution in [-0.4, -0.2) is 9.67 Å². The van der Waals surface area contributed by atoms with Crippen LogP contribution in [0.2, 0.25) is 0 Å². The number of para-hydroxylation sites is 2. The molecule has 0 radical (unpaired) electrons. The van der Waals surface area contributed by atoms with Gasteiger partial charge in [-0.2, -0.15) is 0 Å². The van der Waals surface area contributed by atoms with Crippen molar-refractivity contribution >= 4 is 11.0 Å². The van der Waals surface area contributed by atoms with Gasteiger partial charge < -0.3 is 22.1 Å². The number of aromatic nitrogens is 2. The van der Waals surface area contributed by atoms with E-state index in [1.807, 2.05) is 23.0 Å². The molecule has 2 rings (SSSR count). The molecule has 106 valence electrons. The van der Waals surface area contributed by atoms with Crippen molar-refractivity contribution in [3.8, 4) is 0 Å². The van der Waals surface area contributed by atoms with Crippen molar-refractivity contribution in [2.24, 2.45) is 0 Å². The van der Waals surface area contributed by atoms with Crippen molar-refractivity contribution in [1.29, 1.82) is 0 Å². The highest BCUT2D eigenvalue weighted by atomic mass is 79.9.